The molecule has 0 saturated heterocycles. The van der Waals surface area contributed by atoms with Crippen molar-refractivity contribution >= 4 is 22.6 Å². The maximum absolute atomic E-state index is 4.96. The summed E-state index contributed by atoms with van der Waals surface area (Å²) in [6.07, 6.45) is 1.77. The summed E-state index contributed by atoms with van der Waals surface area (Å²) in [4.78, 5) is 8.22. The predicted molar refractivity (Wildman–Crippen MR) is 55.0 cm³/mol. The van der Waals surface area contributed by atoms with Gasteiger partial charge in [0.2, 0.25) is 3.83 Å². The highest BCUT2D eigenvalue weighted by Crippen LogP contribution is 2.14. The van der Waals surface area contributed by atoms with Gasteiger partial charge in [-0.2, -0.15) is 4.98 Å². The maximum atomic E-state index is 4.96. The van der Waals surface area contributed by atoms with Crippen LogP contribution in [0.25, 0.3) is 11.6 Å². The Morgan fingerprint density at radius 1 is 1.38 bits per heavy atom. The number of rotatable bonds is 1. The lowest BCUT2D eigenvalue weighted by Crippen LogP contribution is -1.83. The Bertz CT molecular complexity index is 410. The first-order chi connectivity index (χ1) is 6.25. The van der Waals surface area contributed by atoms with Crippen molar-refractivity contribution < 1.29 is 4.52 Å². The van der Waals surface area contributed by atoms with Gasteiger partial charge in [-0.3, -0.25) is 4.98 Å². The minimum Gasteiger partial charge on any atom is -0.331 e. The van der Waals surface area contributed by atoms with Gasteiger partial charge in [-0.1, -0.05) is 11.2 Å². The molecule has 2 aromatic heterocycles. The summed E-state index contributed by atoms with van der Waals surface area (Å²) in [6.45, 7) is 1.98. The molecule has 13 heavy (non-hydrogen) atoms. The average Bonchev–Trinajstić information content (AvgIpc) is 2.53. The first-order valence-electron chi connectivity index (χ1n) is 3.68. The SMILES string of the molecule is Cc1ccc(-c2nc(I)no2)nc1. The van der Waals surface area contributed by atoms with Crippen LogP contribution in [0.5, 0.6) is 0 Å². The monoisotopic (exact) mass is 287 g/mol. The molecule has 0 spiro atoms. The molecule has 2 aromatic rings. The molecule has 0 atom stereocenters. The zero-order valence-electron chi connectivity index (χ0n) is 6.86. The summed E-state index contributed by atoms with van der Waals surface area (Å²) in [5, 5.41) is 3.68. The van der Waals surface area contributed by atoms with Crippen molar-refractivity contribution in [1.82, 2.24) is 15.1 Å². The van der Waals surface area contributed by atoms with Crippen molar-refractivity contribution in [3.05, 3.63) is 27.7 Å². The van der Waals surface area contributed by atoms with Crippen LogP contribution in [0, 0.1) is 10.8 Å². The molecule has 0 unspecified atom stereocenters. The fraction of sp³-hybridized carbons (Fsp3) is 0.125. The molecular weight excluding hydrogens is 281 g/mol. The van der Waals surface area contributed by atoms with E-state index in [1.54, 1.807) is 6.20 Å². The van der Waals surface area contributed by atoms with Crippen LogP contribution in [0.4, 0.5) is 0 Å². The zero-order valence-corrected chi connectivity index (χ0v) is 9.02. The molecule has 0 radical (unpaired) electrons. The molecule has 0 fully saturated rings. The molecule has 0 saturated carbocycles. The number of aromatic nitrogens is 3. The van der Waals surface area contributed by atoms with Crippen molar-refractivity contribution in [2.45, 2.75) is 6.92 Å². The fourth-order valence-electron chi connectivity index (χ4n) is 0.904. The van der Waals surface area contributed by atoms with Crippen LogP contribution in [-0.2, 0) is 0 Å². The summed E-state index contributed by atoms with van der Waals surface area (Å²) >= 11 is 1.99. The molecule has 66 valence electrons. The molecule has 5 heteroatoms. The van der Waals surface area contributed by atoms with Crippen molar-refractivity contribution in [3.8, 4) is 11.6 Å². The Kier molecular flexibility index (Phi) is 2.26. The zero-order chi connectivity index (χ0) is 9.26. The Hall–Kier alpha value is -0.980. The molecule has 0 aromatic carbocycles. The summed E-state index contributed by atoms with van der Waals surface area (Å²) in [5.41, 5.74) is 1.82. The number of nitrogens with zero attached hydrogens (tertiary/aromatic N) is 3. The number of hydrogen-bond acceptors (Lipinski definition) is 4. The van der Waals surface area contributed by atoms with E-state index in [0.717, 1.165) is 5.56 Å². The molecule has 0 amide bonds. The lowest BCUT2D eigenvalue weighted by Gasteiger charge is -1.92. The Balaban J connectivity index is 2.41. The second-order valence-electron chi connectivity index (χ2n) is 2.59. The van der Waals surface area contributed by atoms with Gasteiger partial charge in [0, 0.05) is 28.8 Å². The predicted octanol–water partition coefficient (Wildman–Crippen LogP) is 2.04. The van der Waals surface area contributed by atoms with E-state index >= 15 is 0 Å². The molecule has 0 N–H and O–H groups in total. The summed E-state index contributed by atoms with van der Waals surface area (Å²) < 4.78 is 5.55. The lowest BCUT2D eigenvalue weighted by molar-refractivity contribution is 0.424. The van der Waals surface area contributed by atoms with Gasteiger partial charge < -0.3 is 4.52 Å². The van der Waals surface area contributed by atoms with Crippen LogP contribution in [-0.4, -0.2) is 15.1 Å². The Labute approximate surface area is 88.5 Å². The second-order valence-corrected chi connectivity index (χ2v) is 3.55. The minimum atomic E-state index is 0.462. The highest BCUT2D eigenvalue weighted by atomic mass is 127. The van der Waals surface area contributed by atoms with Gasteiger partial charge in [0.1, 0.15) is 5.69 Å². The largest absolute Gasteiger partial charge is 0.331 e. The number of hydrogen-bond donors (Lipinski definition) is 0. The van der Waals surface area contributed by atoms with Crippen molar-refractivity contribution in [3.63, 3.8) is 0 Å². The first kappa shape index (κ1) is 8.61. The molecule has 0 aliphatic rings. The number of pyridine rings is 1. The van der Waals surface area contributed by atoms with Gasteiger partial charge in [0.05, 0.1) is 0 Å². The first-order valence-corrected chi connectivity index (χ1v) is 4.76. The van der Waals surface area contributed by atoms with E-state index in [4.69, 9.17) is 4.52 Å². The molecule has 2 heterocycles. The summed E-state index contributed by atoms with van der Waals surface area (Å²) in [6, 6.07) is 3.82. The van der Waals surface area contributed by atoms with Gasteiger partial charge in [-0.25, -0.2) is 0 Å². The van der Waals surface area contributed by atoms with Gasteiger partial charge in [0.15, 0.2) is 0 Å². The van der Waals surface area contributed by atoms with Gasteiger partial charge in [-0.15, -0.1) is 0 Å². The maximum Gasteiger partial charge on any atom is 0.277 e. The quantitative estimate of drug-likeness (QED) is 0.753. The highest BCUT2D eigenvalue weighted by Gasteiger charge is 2.06. The molecule has 0 aliphatic heterocycles. The van der Waals surface area contributed by atoms with Gasteiger partial charge in [-0.05, 0) is 18.6 Å². The van der Waals surface area contributed by atoms with E-state index in [0.29, 0.717) is 15.4 Å². The smallest absolute Gasteiger partial charge is 0.277 e. The fourth-order valence-corrected chi connectivity index (χ4v) is 1.22. The lowest BCUT2D eigenvalue weighted by atomic mass is 10.3. The van der Waals surface area contributed by atoms with Gasteiger partial charge >= 0.3 is 0 Å². The molecular formula is C8H6IN3O. The van der Waals surface area contributed by atoms with Crippen molar-refractivity contribution in [2.75, 3.05) is 0 Å². The van der Waals surface area contributed by atoms with Crippen LogP contribution in [0.1, 0.15) is 5.56 Å². The number of halogens is 1. The molecule has 0 bridgehead atoms. The topological polar surface area (TPSA) is 51.8 Å². The molecule has 4 nitrogen and oxygen atoms in total. The third-order valence-electron chi connectivity index (χ3n) is 1.53. The van der Waals surface area contributed by atoms with E-state index in [1.165, 1.54) is 0 Å². The van der Waals surface area contributed by atoms with Crippen molar-refractivity contribution in [2.24, 2.45) is 0 Å². The van der Waals surface area contributed by atoms with Crippen LogP contribution < -0.4 is 0 Å². The second kappa shape index (κ2) is 3.41. The van der Waals surface area contributed by atoms with Crippen LogP contribution in [0.15, 0.2) is 22.9 Å². The molecule has 2 rings (SSSR count). The Morgan fingerprint density at radius 2 is 2.23 bits per heavy atom. The van der Waals surface area contributed by atoms with Crippen LogP contribution in [0.2, 0.25) is 0 Å². The summed E-state index contributed by atoms with van der Waals surface area (Å²) in [7, 11) is 0. The van der Waals surface area contributed by atoms with E-state index in [-0.39, 0.29) is 0 Å². The van der Waals surface area contributed by atoms with Crippen LogP contribution in [0.3, 0.4) is 0 Å². The van der Waals surface area contributed by atoms with E-state index in [1.807, 2.05) is 41.6 Å². The standard InChI is InChI=1S/C8H6IN3O/c1-5-2-3-6(10-4-5)7-11-8(9)12-13-7/h2-4H,1H3. The normalized spacial score (nSPS) is 10.3. The van der Waals surface area contributed by atoms with E-state index in [9.17, 15) is 0 Å². The van der Waals surface area contributed by atoms with Crippen LogP contribution >= 0.6 is 22.6 Å². The molecule has 0 aliphatic carbocycles. The minimum absolute atomic E-state index is 0.462. The van der Waals surface area contributed by atoms with Gasteiger partial charge in [0.25, 0.3) is 5.89 Å². The number of aryl methyl sites for hydroxylation is 1. The van der Waals surface area contributed by atoms with Crippen molar-refractivity contribution in [1.29, 1.82) is 0 Å². The average molecular weight is 287 g/mol. The highest BCUT2D eigenvalue weighted by molar-refractivity contribution is 14.1. The third kappa shape index (κ3) is 1.85. The van der Waals surface area contributed by atoms with E-state index in [2.05, 4.69) is 15.1 Å². The Morgan fingerprint density at radius 3 is 2.77 bits per heavy atom. The summed E-state index contributed by atoms with van der Waals surface area (Å²) in [5.74, 6) is 0.462. The third-order valence-corrected chi connectivity index (χ3v) is 1.97. The van der Waals surface area contributed by atoms with E-state index < -0.39 is 0 Å².